The minimum Gasteiger partial charge on any atom is -0.264 e. The zero-order chi connectivity index (χ0) is 15.1. The molecule has 0 unspecified atom stereocenters. The lowest BCUT2D eigenvalue weighted by Crippen LogP contribution is -1.93. The average Bonchev–Trinajstić information content (AvgIpc) is 2.51. The normalized spacial score (nSPS) is 9.40. The Morgan fingerprint density at radius 3 is 2.50 bits per heavy atom. The number of pyridine rings is 1. The molecule has 0 atom stereocenters. The van der Waals surface area contributed by atoms with Crippen molar-refractivity contribution >= 4 is 18.5 Å². The summed E-state index contributed by atoms with van der Waals surface area (Å²) in [6.45, 7) is 11.1. The van der Waals surface area contributed by atoms with Gasteiger partial charge in [0.2, 0.25) is 5.95 Å². The molecule has 0 spiro atoms. The summed E-state index contributed by atoms with van der Waals surface area (Å²) in [6, 6.07) is 6.42. The highest BCUT2D eigenvalue weighted by Gasteiger charge is 2.11. The van der Waals surface area contributed by atoms with E-state index in [9.17, 15) is 8.78 Å². The maximum atomic E-state index is 13.6. The number of halogens is 2. The SMILES string of the molecule is C=Cc1cc(-c2ccnc(F)c2F)ccc1N=C.CC. The second-order valence-corrected chi connectivity index (χ2v) is 3.60. The molecular formula is C16H16F2N2. The topological polar surface area (TPSA) is 25.2 Å². The molecule has 0 radical (unpaired) electrons. The molecule has 0 aliphatic carbocycles. The van der Waals surface area contributed by atoms with E-state index in [0.29, 0.717) is 16.8 Å². The van der Waals surface area contributed by atoms with Crippen LogP contribution in [0.15, 0.2) is 42.0 Å². The highest BCUT2D eigenvalue weighted by molar-refractivity contribution is 5.74. The Bertz CT molecular complexity index is 622. The maximum Gasteiger partial charge on any atom is 0.249 e. The van der Waals surface area contributed by atoms with Gasteiger partial charge in [-0.3, -0.25) is 4.99 Å². The Morgan fingerprint density at radius 1 is 1.20 bits per heavy atom. The van der Waals surface area contributed by atoms with Gasteiger partial charge in [0.1, 0.15) is 0 Å². The molecule has 0 fully saturated rings. The van der Waals surface area contributed by atoms with Gasteiger partial charge in [0.25, 0.3) is 0 Å². The molecule has 0 saturated heterocycles. The summed E-state index contributed by atoms with van der Waals surface area (Å²) in [5, 5.41) is 0. The minimum absolute atomic E-state index is 0.154. The van der Waals surface area contributed by atoms with Crippen molar-refractivity contribution in [1.82, 2.24) is 4.98 Å². The molecule has 2 aromatic rings. The molecule has 0 N–H and O–H groups in total. The van der Waals surface area contributed by atoms with Crippen molar-refractivity contribution < 1.29 is 8.78 Å². The van der Waals surface area contributed by atoms with Crippen LogP contribution in [0.4, 0.5) is 14.5 Å². The first-order valence-electron chi connectivity index (χ1n) is 6.21. The van der Waals surface area contributed by atoms with Crippen LogP contribution in [0.3, 0.4) is 0 Å². The predicted molar refractivity (Wildman–Crippen MR) is 80.2 cm³/mol. The van der Waals surface area contributed by atoms with Gasteiger partial charge in [-0.25, -0.2) is 9.37 Å². The first-order valence-corrected chi connectivity index (χ1v) is 6.21. The summed E-state index contributed by atoms with van der Waals surface area (Å²) in [4.78, 5) is 7.07. The number of nitrogens with zero attached hydrogens (tertiary/aromatic N) is 2. The number of hydrogen-bond acceptors (Lipinski definition) is 2. The zero-order valence-corrected chi connectivity index (χ0v) is 11.5. The fourth-order valence-electron chi connectivity index (χ4n) is 1.67. The second kappa shape index (κ2) is 7.28. The molecule has 20 heavy (non-hydrogen) atoms. The van der Waals surface area contributed by atoms with Crippen molar-refractivity contribution in [2.45, 2.75) is 13.8 Å². The van der Waals surface area contributed by atoms with Gasteiger partial charge < -0.3 is 0 Å². The summed E-state index contributed by atoms with van der Waals surface area (Å²) < 4.78 is 26.7. The van der Waals surface area contributed by atoms with E-state index in [4.69, 9.17) is 0 Å². The zero-order valence-electron chi connectivity index (χ0n) is 11.5. The molecule has 0 bridgehead atoms. The van der Waals surface area contributed by atoms with Crippen molar-refractivity contribution in [3.8, 4) is 11.1 Å². The van der Waals surface area contributed by atoms with Gasteiger partial charge in [-0.2, -0.15) is 4.39 Å². The Balaban J connectivity index is 0.000000956. The fourth-order valence-corrected chi connectivity index (χ4v) is 1.67. The maximum absolute atomic E-state index is 13.6. The average molecular weight is 274 g/mol. The molecule has 0 amide bonds. The number of hydrogen-bond donors (Lipinski definition) is 0. The molecule has 0 aliphatic heterocycles. The molecule has 4 heteroatoms. The predicted octanol–water partition coefficient (Wildman–Crippen LogP) is 5.03. The first kappa shape index (κ1) is 15.7. The van der Waals surface area contributed by atoms with Crippen molar-refractivity contribution in [2.24, 2.45) is 4.99 Å². The van der Waals surface area contributed by atoms with Crippen LogP contribution in [0, 0.1) is 11.8 Å². The van der Waals surface area contributed by atoms with E-state index in [1.54, 1.807) is 24.3 Å². The van der Waals surface area contributed by atoms with Crippen LogP contribution in [-0.4, -0.2) is 11.7 Å². The van der Waals surface area contributed by atoms with Crippen LogP contribution in [-0.2, 0) is 0 Å². The smallest absolute Gasteiger partial charge is 0.249 e. The highest BCUT2D eigenvalue weighted by Crippen LogP contribution is 2.29. The van der Waals surface area contributed by atoms with Crippen molar-refractivity contribution in [3.63, 3.8) is 0 Å². The van der Waals surface area contributed by atoms with Gasteiger partial charge >= 0.3 is 0 Å². The van der Waals surface area contributed by atoms with Gasteiger partial charge in [-0.05, 0) is 30.5 Å². The summed E-state index contributed by atoms with van der Waals surface area (Å²) in [6.07, 6.45) is 2.81. The summed E-state index contributed by atoms with van der Waals surface area (Å²) >= 11 is 0. The molecule has 0 aliphatic rings. The number of aliphatic imine (C=N–C) groups is 1. The van der Waals surface area contributed by atoms with Crippen molar-refractivity contribution in [3.05, 3.63) is 54.4 Å². The van der Waals surface area contributed by atoms with Crippen LogP contribution >= 0.6 is 0 Å². The van der Waals surface area contributed by atoms with E-state index >= 15 is 0 Å². The third-order valence-corrected chi connectivity index (χ3v) is 2.58. The Hall–Kier alpha value is -2.36. The van der Waals surface area contributed by atoms with E-state index in [1.807, 2.05) is 13.8 Å². The molecule has 1 heterocycles. The van der Waals surface area contributed by atoms with Gasteiger partial charge in [-0.15, -0.1) is 0 Å². The summed E-state index contributed by atoms with van der Waals surface area (Å²) in [5.74, 6) is -2.08. The van der Waals surface area contributed by atoms with E-state index < -0.39 is 11.8 Å². The van der Waals surface area contributed by atoms with Gasteiger partial charge in [0, 0.05) is 17.3 Å². The van der Waals surface area contributed by atoms with Crippen LogP contribution in [0.1, 0.15) is 19.4 Å². The summed E-state index contributed by atoms with van der Waals surface area (Å²) in [7, 11) is 0. The first-order chi connectivity index (χ1) is 9.67. The van der Waals surface area contributed by atoms with Gasteiger partial charge in [0.15, 0.2) is 5.82 Å². The molecule has 2 nitrogen and oxygen atoms in total. The molecule has 0 saturated carbocycles. The standard InChI is InChI=1S/C14H10F2N2.C2H6/c1-3-9-8-10(4-5-12(9)17-2)11-6-7-18-14(16)13(11)15;1-2/h3-8H,1-2H2;1-2H3. The number of aromatic nitrogens is 1. The third kappa shape index (κ3) is 3.15. The second-order valence-electron chi connectivity index (χ2n) is 3.60. The van der Waals surface area contributed by atoms with Crippen LogP contribution in [0.2, 0.25) is 0 Å². The Kier molecular flexibility index (Phi) is 5.72. The van der Waals surface area contributed by atoms with E-state index in [1.165, 1.54) is 12.3 Å². The number of benzene rings is 1. The Morgan fingerprint density at radius 2 is 1.90 bits per heavy atom. The summed E-state index contributed by atoms with van der Waals surface area (Å²) in [5.41, 5.74) is 2.04. The van der Waals surface area contributed by atoms with E-state index in [2.05, 4.69) is 23.3 Å². The quantitative estimate of drug-likeness (QED) is 0.569. The van der Waals surface area contributed by atoms with Gasteiger partial charge in [0.05, 0.1) is 5.69 Å². The van der Waals surface area contributed by atoms with Crippen LogP contribution < -0.4 is 0 Å². The fraction of sp³-hybridized carbons (Fsp3) is 0.125. The van der Waals surface area contributed by atoms with Crippen molar-refractivity contribution in [2.75, 3.05) is 0 Å². The minimum atomic E-state index is -1.11. The highest BCUT2D eigenvalue weighted by atomic mass is 19.2. The third-order valence-electron chi connectivity index (χ3n) is 2.58. The molecular weight excluding hydrogens is 258 g/mol. The lowest BCUT2D eigenvalue weighted by Gasteiger charge is -2.06. The van der Waals surface area contributed by atoms with Gasteiger partial charge in [-0.1, -0.05) is 32.6 Å². The molecule has 104 valence electrons. The Labute approximate surface area is 117 Å². The van der Waals surface area contributed by atoms with Crippen LogP contribution in [0.25, 0.3) is 17.2 Å². The van der Waals surface area contributed by atoms with Crippen LogP contribution in [0.5, 0.6) is 0 Å². The van der Waals surface area contributed by atoms with E-state index in [-0.39, 0.29) is 5.56 Å². The van der Waals surface area contributed by atoms with Crippen molar-refractivity contribution in [1.29, 1.82) is 0 Å². The number of rotatable bonds is 3. The molecule has 2 rings (SSSR count). The van der Waals surface area contributed by atoms with E-state index in [0.717, 1.165) is 0 Å². The lowest BCUT2D eigenvalue weighted by molar-refractivity contribution is 0.482. The lowest BCUT2D eigenvalue weighted by atomic mass is 10.0. The molecule has 1 aromatic heterocycles. The largest absolute Gasteiger partial charge is 0.264 e. The molecule has 1 aromatic carbocycles. The monoisotopic (exact) mass is 274 g/mol.